The smallest absolute Gasteiger partial charge is 0.301 e. The van der Waals surface area contributed by atoms with Crippen molar-refractivity contribution in [3.05, 3.63) is 243 Å². The lowest BCUT2D eigenvalue weighted by Crippen LogP contribution is -2.43. The second-order valence-electron chi connectivity index (χ2n) is 24.7. The number of hydrazone groups is 1. The van der Waals surface area contributed by atoms with Gasteiger partial charge in [-0.05, 0) is 147 Å². The monoisotopic (exact) mass is 1490 g/mol. The zero-order valence-corrected chi connectivity index (χ0v) is 61.9. The fourth-order valence-electron chi connectivity index (χ4n) is 10.7. The third-order valence-electron chi connectivity index (χ3n) is 15.5. The van der Waals surface area contributed by atoms with Crippen LogP contribution in [0, 0.1) is 24.0 Å². The predicted octanol–water partition coefficient (Wildman–Crippen LogP) is 11.3. The largest absolute Gasteiger partial charge is 0.382 e. The standard InChI is InChI=1S/C19H19N5O4S.C19H21N3O2S.C18H18ClN3O2S.C16H22N4O3S/c1-13-5-10-16(11-6-13)29(27,28)23-17-4-2-3-14-7-8-15(21-19(14)17)9-12-18(20)22-24(25)26;1-14-7-4-5-10-18(14)25(23,24)21-17-9-6-8-15-11-12-16(13-22(2)3)20-19(15)17;1-22(2)12-14-11-10-13-6-5-8-16(18(13)20-14)21-25(23,24)17-9-4-3-7-15(17)19;1-19(2)12-14-7-6-13-4-3-5-15(16(13)17-14)18-24(21,22)20-8-10-23-11-9-20/h2-8,10-11,23H,9,12H2,1H3,(H2,20,22);4-12,21H,13H2,1-3H3;3-11,21H,12H2,1-2H3;3-7,18H,8-12H2,1-2H3. The Morgan fingerprint density at radius 1 is 0.495 bits per heavy atom. The Hall–Kier alpha value is -9.86. The highest BCUT2D eigenvalue weighted by Crippen LogP contribution is 2.31. The maximum Gasteiger partial charge on any atom is 0.301 e. The van der Waals surface area contributed by atoms with Crippen molar-refractivity contribution < 1.29 is 43.4 Å². The summed E-state index contributed by atoms with van der Waals surface area (Å²) >= 11 is 6.04. The van der Waals surface area contributed by atoms with Crippen LogP contribution in [-0.2, 0) is 71.1 Å². The molecule has 103 heavy (non-hydrogen) atoms. The lowest BCUT2D eigenvalue weighted by molar-refractivity contribution is -0.485. The Labute approximate surface area is 605 Å². The van der Waals surface area contributed by atoms with Gasteiger partial charge in [-0.2, -0.15) is 12.7 Å². The number of ether oxygens (including phenoxy) is 1. The molecule has 1 saturated heterocycles. The minimum atomic E-state index is -3.80. The van der Waals surface area contributed by atoms with E-state index in [9.17, 15) is 43.8 Å². The zero-order valence-electron chi connectivity index (χ0n) is 57.9. The van der Waals surface area contributed by atoms with Crippen molar-refractivity contribution in [3.8, 4) is 0 Å². The van der Waals surface area contributed by atoms with Crippen molar-refractivity contribution in [2.45, 2.75) is 61.0 Å². The number of morpholine rings is 1. The molecule has 0 atom stereocenters. The molecule has 0 radical (unpaired) electrons. The SMILES string of the molecule is CN(C)Cc1ccc2cccc(NS(=O)(=O)N3CCOCC3)c2n1.CN(C)Cc1ccc2cccc(NS(=O)(=O)c3ccccc3Cl)c2n1.Cc1ccc(S(=O)(=O)Nc2cccc3ccc(CC/C(N)=N/[N+](=O)[O-])nc23)cc1.Cc1ccccc1S(=O)(=O)Nc1cccc2ccc(CN(C)C)nc12. The first kappa shape index (κ1) is 77.3. The summed E-state index contributed by atoms with van der Waals surface area (Å²) in [6, 6.07) is 56.7. The summed E-state index contributed by atoms with van der Waals surface area (Å²) in [4.78, 5) is 35.3. The lowest BCUT2D eigenvalue weighted by atomic mass is 10.1. The number of amidine groups is 1. The van der Waals surface area contributed by atoms with Crippen LogP contribution in [0.3, 0.4) is 0 Å². The fraction of sp³-hybridized carbons (Fsp3) is 0.236. The highest BCUT2D eigenvalue weighted by molar-refractivity contribution is 7.93. The molecular weight excluding hydrogens is 1410 g/mol. The van der Waals surface area contributed by atoms with Crippen molar-refractivity contribution in [2.75, 3.05) is 87.5 Å². The molecule has 31 heteroatoms. The number of anilines is 4. The van der Waals surface area contributed by atoms with E-state index >= 15 is 0 Å². The second kappa shape index (κ2) is 34.4. The van der Waals surface area contributed by atoms with Crippen LogP contribution in [0.25, 0.3) is 43.6 Å². The van der Waals surface area contributed by atoms with Gasteiger partial charge in [0.25, 0.3) is 30.1 Å². The number of nitrogens with two attached hydrogens (primary N) is 1. The number of aromatic nitrogens is 4. The molecular formula is C72H80ClN15O11S4. The van der Waals surface area contributed by atoms with Crippen LogP contribution in [0.2, 0.25) is 5.02 Å². The number of rotatable bonds is 22. The first-order valence-corrected chi connectivity index (χ1v) is 38.5. The molecule has 0 amide bonds. The summed E-state index contributed by atoms with van der Waals surface area (Å²) in [5.74, 6) is -0.106. The van der Waals surface area contributed by atoms with Gasteiger partial charge in [-0.1, -0.05) is 132 Å². The van der Waals surface area contributed by atoms with Gasteiger partial charge in [0.05, 0.1) is 95.0 Å². The second-order valence-corrected chi connectivity index (χ2v) is 31.8. The van der Waals surface area contributed by atoms with E-state index in [4.69, 9.17) is 22.1 Å². The summed E-state index contributed by atoms with van der Waals surface area (Å²) < 4.78 is 119. The number of aryl methyl sites for hydroxylation is 3. The molecule has 540 valence electrons. The third kappa shape index (κ3) is 21.4. The molecule has 4 aromatic heterocycles. The van der Waals surface area contributed by atoms with Crippen LogP contribution in [0.5, 0.6) is 0 Å². The van der Waals surface area contributed by atoms with Gasteiger partial charge in [0.1, 0.15) is 4.90 Å². The molecule has 7 aromatic carbocycles. The van der Waals surface area contributed by atoms with E-state index < -0.39 is 45.3 Å². The zero-order chi connectivity index (χ0) is 74.2. The Bertz CT molecular complexity index is 5200. The number of benzene rings is 7. The average Bonchev–Trinajstić information content (AvgIpc) is 0.808. The lowest BCUT2D eigenvalue weighted by Gasteiger charge is -2.26. The topological polar surface area (TPSA) is 340 Å². The van der Waals surface area contributed by atoms with Gasteiger partial charge in [0.2, 0.25) is 0 Å². The van der Waals surface area contributed by atoms with E-state index in [2.05, 4.69) is 43.9 Å². The number of nitro groups is 1. The number of nitrogens with one attached hydrogen (secondary N) is 4. The molecule has 11 aromatic rings. The number of nitrogens with zero attached hydrogens (tertiary/aromatic N) is 10. The molecule has 6 N–H and O–H groups in total. The molecule has 0 bridgehead atoms. The molecule has 1 fully saturated rings. The van der Waals surface area contributed by atoms with E-state index in [-0.39, 0.29) is 32.0 Å². The number of sulfonamides is 3. The maximum atomic E-state index is 12.8. The summed E-state index contributed by atoms with van der Waals surface area (Å²) in [7, 11) is -3.07. The van der Waals surface area contributed by atoms with E-state index in [1.54, 1.807) is 110 Å². The third-order valence-corrected chi connectivity index (χ3v) is 21.8. The summed E-state index contributed by atoms with van der Waals surface area (Å²) in [5, 5.41) is 16.2. The highest BCUT2D eigenvalue weighted by Gasteiger charge is 2.26. The van der Waals surface area contributed by atoms with E-state index in [1.807, 2.05) is 149 Å². The van der Waals surface area contributed by atoms with Crippen molar-refractivity contribution in [1.29, 1.82) is 0 Å². The molecule has 0 spiro atoms. The number of para-hydroxylation sites is 4. The van der Waals surface area contributed by atoms with Gasteiger partial charge in [0.15, 0.2) is 10.9 Å². The Morgan fingerprint density at radius 2 is 0.874 bits per heavy atom. The van der Waals surface area contributed by atoms with E-state index in [0.29, 0.717) is 108 Å². The molecule has 0 saturated carbocycles. The summed E-state index contributed by atoms with van der Waals surface area (Å²) in [5.41, 5.74) is 14.6. The van der Waals surface area contributed by atoms with Gasteiger partial charge in [-0.25, -0.2) is 50.3 Å². The average molecular weight is 1500 g/mol. The summed E-state index contributed by atoms with van der Waals surface area (Å²) in [6.07, 6.45) is 0.495. The van der Waals surface area contributed by atoms with Crippen LogP contribution in [0.4, 0.5) is 22.7 Å². The highest BCUT2D eigenvalue weighted by atomic mass is 35.5. The quantitative estimate of drug-likeness (QED) is 0.0182. The number of hydrogen-bond donors (Lipinski definition) is 5. The molecule has 0 unspecified atom stereocenters. The summed E-state index contributed by atoms with van der Waals surface area (Å²) in [6.45, 7) is 7.27. The Morgan fingerprint density at radius 3 is 1.29 bits per heavy atom. The minimum Gasteiger partial charge on any atom is -0.382 e. The maximum absolute atomic E-state index is 12.8. The number of hydrogen-bond acceptors (Lipinski definition) is 18. The molecule has 1 aliphatic rings. The van der Waals surface area contributed by atoms with Crippen molar-refractivity contribution >= 4 is 124 Å². The van der Waals surface area contributed by atoms with Crippen LogP contribution < -0.4 is 24.6 Å². The van der Waals surface area contributed by atoms with Gasteiger partial charge in [-0.15, -0.1) is 0 Å². The molecule has 1 aliphatic heterocycles. The fourth-order valence-corrected chi connectivity index (χ4v) is 15.9. The van der Waals surface area contributed by atoms with Gasteiger partial charge in [-0.3, -0.25) is 23.9 Å². The van der Waals surface area contributed by atoms with Crippen molar-refractivity contribution in [2.24, 2.45) is 10.8 Å². The minimum absolute atomic E-state index is 0.0399. The van der Waals surface area contributed by atoms with Gasteiger partial charge < -0.3 is 25.2 Å². The number of pyridine rings is 4. The first-order valence-electron chi connectivity index (χ1n) is 32.2. The molecule has 12 rings (SSSR count). The predicted molar refractivity (Wildman–Crippen MR) is 407 cm³/mol. The normalized spacial score (nSPS) is 13.0. The van der Waals surface area contributed by atoms with Gasteiger partial charge in [0, 0.05) is 66.4 Å². The van der Waals surface area contributed by atoms with Crippen molar-refractivity contribution in [3.63, 3.8) is 0 Å². The van der Waals surface area contributed by atoms with Gasteiger partial charge >= 0.3 is 10.2 Å². The molecule has 26 nitrogen and oxygen atoms in total. The van der Waals surface area contributed by atoms with E-state index in [0.717, 1.165) is 44.2 Å². The number of halogens is 1. The van der Waals surface area contributed by atoms with Crippen LogP contribution in [0.15, 0.2) is 214 Å². The number of fused-ring (bicyclic) bond motifs is 4. The molecule has 0 aliphatic carbocycles. The van der Waals surface area contributed by atoms with Crippen LogP contribution >= 0.6 is 11.6 Å². The van der Waals surface area contributed by atoms with Crippen LogP contribution in [-0.4, -0.2) is 152 Å². The molecule has 5 heterocycles. The Balaban J connectivity index is 0.000000160. The van der Waals surface area contributed by atoms with Crippen molar-refractivity contribution in [1.82, 2.24) is 38.9 Å². The van der Waals surface area contributed by atoms with Crippen LogP contribution in [0.1, 0.15) is 40.3 Å². The first-order chi connectivity index (χ1) is 48.9. The Kier molecular flexibility index (Phi) is 25.8. The van der Waals surface area contributed by atoms with E-state index in [1.165, 1.54) is 10.4 Å².